The molecule has 0 atom stereocenters. The second kappa shape index (κ2) is 24.0. The van der Waals surface area contributed by atoms with Crippen molar-refractivity contribution in [1.82, 2.24) is 5.32 Å². The van der Waals surface area contributed by atoms with E-state index in [2.05, 4.69) is 19.2 Å². The molecule has 0 aromatic heterocycles. The van der Waals surface area contributed by atoms with E-state index >= 15 is 0 Å². The maximum atomic E-state index is 12.7. The van der Waals surface area contributed by atoms with Gasteiger partial charge in [0.1, 0.15) is 11.6 Å². The molecule has 31 heavy (non-hydrogen) atoms. The minimum Gasteiger partial charge on any atom is -0.320 e. The van der Waals surface area contributed by atoms with E-state index < -0.39 is 0 Å². The molecule has 0 aliphatic heterocycles. The van der Waals surface area contributed by atoms with E-state index in [1.54, 1.807) is 0 Å². The maximum Gasteiger partial charge on any atom is 0.143 e. The number of hydrogen-bond donors (Lipinski definition) is 1. The van der Waals surface area contributed by atoms with Crippen molar-refractivity contribution in [2.75, 3.05) is 13.6 Å². The van der Waals surface area contributed by atoms with Gasteiger partial charge < -0.3 is 5.32 Å². The maximum absolute atomic E-state index is 12.7. The summed E-state index contributed by atoms with van der Waals surface area (Å²) < 4.78 is 0. The molecule has 3 heteroatoms. The normalized spacial score (nSPS) is 11.4. The zero-order valence-electron chi connectivity index (χ0n) is 21.5. The summed E-state index contributed by atoms with van der Waals surface area (Å²) in [4.78, 5) is 25.4. The second-order valence-electron chi connectivity index (χ2n) is 9.53. The number of carbonyl (C=O) groups is 2. The summed E-state index contributed by atoms with van der Waals surface area (Å²) in [6, 6.07) is 0. The van der Waals surface area contributed by atoms with Crippen molar-refractivity contribution < 1.29 is 9.59 Å². The van der Waals surface area contributed by atoms with Crippen LogP contribution in [-0.2, 0) is 9.59 Å². The van der Waals surface area contributed by atoms with Crippen LogP contribution in [0, 0.1) is 5.92 Å². The highest BCUT2D eigenvalue weighted by Gasteiger charge is 2.24. The average molecular weight is 438 g/mol. The Morgan fingerprint density at radius 2 is 0.871 bits per heavy atom. The predicted octanol–water partition coefficient (Wildman–Crippen LogP) is 8.19. The third kappa shape index (κ3) is 19.7. The fourth-order valence-electron chi connectivity index (χ4n) is 4.36. The number of rotatable bonds is 25. The van der Waals surface area contributed by atoms with Crippen molar-refractivity contribution in [3.05, 3.63) is 0 Å². The minimum atomic E-state index is -0.365. The smallest absolute Gasteiger partial charge is 0.143 e. The van der Waals surface area contributed by atoms with E-state index in [4.69, 9.17) is 0 Å². The molecule has 1 N–H and O–H groups in total. The van der Waals surface area contributed by atoms with Gasteiger partial charge in [-0.15, -0.1) is 0 Å². The second-order valence-corrected chi connectivity index (χ2v) is 9.53. The van der Waals surface area contributed by atoms with Crippen molar-refractivity contribution in [2.24, 2.45) is 5.92 Å². The van der Waals surface area contributed by atoms with E-state index in [-0.39, 0.29) is 17.5 Å². The van der Waals surface area contributed by atoms with E-state index in [9.17, 15) is 9.59 Å². The molecule has 0 aromatic carbocycles. The molecule has 0 aliphatic rings. The van der Waals surface area contributed by atoms with Gasteiger partial charge in [-0.25, -0.2) is 0 Å². The first kappa shape index (κ1) is 30.3. The standard InChI is InChI=1S/C28H55NO2/c1-4-6-8-10-12-14-16-18-20-22-27(30)26(24-25-29-3)28(31)23-21-19-17-15-13-11-9-7-5-2/h26,29H,4-25H2,1-3H3. The van der Waals surface area contributed by atoms with Crippen molar-refractivity contribution in [3.8, 4) is 0 Å². The summed E-state index contributed by atoms with van der Waals surface area (Å²) in [6.45, 7) is 5.25. The SMILES string of the molecule is CCCCCCCCCCCC(=O)C(CCNC)C(=O)CCCCCCCCCCC. The van der Waals surface area contributed by atoms with Gasteiger partial charge >= 0.3 is 0 Å². The topological polar surface area (TPSA) is 46.2 Å². The van der Waals surface area contributed by atoms with Gasteiger partial charge in [0.15, 0.2) is 0 Å². The quantitative estimate of drug-likeness (QED) is 0.116. The highest BCUT2D eigenvalue weighted by molar-refractivity contribution is 6.02. The first-order chi connectivity index (χ1) is 15.2. The third-order valence-electron chi connectivity index (χ3n) is 6.51. The fraction of sp³-hybridized carbons (Fsp3) is 0.929. The molecule has 0 unspecified atom stereocenters. The molecule has 0 bridgehead atoms. The summed E-state index contributed by atoms with van der Waals surface area (Å²) in [5, 5.41) is 3.11. The molecular weight excluding hydrogens is 382 g/mol. The highest BCUT2D eigenvalue weighted by atomic mass is 16.1. The first-order valence-electron chi connectivity index (χ1n) is 13.9. The minimum absolute atomic E-state index is 0.194. The van der Waals surface area contributed by atoms with Crippen LogP contribution in [0.25, 0.3) is 0 Å². The van der Waals surface area contributed by atoms with Gasteiger partial charge in [-0.05, 0) is 32.9 Å². The lowest BCUT2D eigenvalue weighted by Gasteiger charge is -2.15. The van der Waals surface area contributed by atoms with E-state index in [1.807, 2.05) is 7.05 Å². The van der Waals surface area contributed by atoms with Gasteiger partial charge in [0.2, 0.25) is 0 Å². The Bertz CT molecular complexity index is 374. The van der Waals surface area contributed by atoms with Crippen LogP contribution in [0.15, 0.2) is 0 Å². The van der Waals surface area contributed by atoms with E-state index in [0.29, 0.717) is 19.3 Å². The lowest BCUT2D eigenvalue weighted by Crippen LogP contribution is -2.27. The molecule has 0 aromatic rings. The summed E-state index contributed by atoms with van der Waals surface area (Å²) in [5.74, 6) is 0.0220. The molecule has 0 spiro atoms. The summed E-state index contributed by atoms with van der Waals surface area (Å²) in [6.07, 6.45) is 24.5. The Balaban J connectivity index is 3.94. The Morgan fingerprint density at radius 3 is 1.19 bits per heavy atom. The Labute approximate surface area is 194 Å². The average Bonchev–Trinajstić information content (AvgIpc) is 2.77. The number of ketones is 2. The molecule has 0 rings (SSSR count). The Morgan fingerprint density at radius 1 is 0.548 bits per heavy atom. The van der Waals surface area contributed by atoms with Gasteiger partial charge in [-0.2, -0.15) is 0 Å². The van der Waals surface area contributed by atoms with Crippen LogP contribution in [0.3, 0.4) is 0 Å². The monoisotopic (exact) mass is 437 g/mol. The van der Waals surface area contributed by atoms with E-state index in [0.717, 1.165) is 32.2 Å². The lowest BCUT2D eigenvalue weighted by molar-refractivity contribution is -0.133. The van der Waals surface area contributed by atoms with Gasteiger partial charge in [0.05, 0.1) is 5.92 Å². The number of nitrogens with one attached hydrogen (secondary N) is 1. The van der Waals surface area contributed by atoms with Crippen molar-refractivity contribution >= 4 is 11.6 Å². The van der Waals surface area contributed by atoms with Crippen molar-refractivity contribution in [3.63, 3.8) is 0 Å². The Kier molecular flexibility index (Phi) is 23.4. The third-order valence-corrected chi connectivity index (χ3v) is 6.51. The zero-order chi connectivity index (χ0) is 23.0. The Hall–Kier alpha value is -0.700. The van der Waals surface area contributed by atoms with Crippen molar-refractivity contribution in [2.45, 2.75) is 149 Å². The lowest BCUT2D eigenvalue weighted by atomic mass is 9.89. The first-order valence-corrected chi connectivity index (χ1v) is 13.9. The van der Waals surface area contributed by atoms with Crippen molar-refractivity contribution in [1.29, 1.82) is 0 Å². The molecule has 0 fully saturated rings. The number of hydrogen-bond acceptors (Lipinski definition) is 3. The molecule has 0 saturated carbocycles. The number of Topliss-reactive ketones (excluding diaryl/α,β-unsaturated/α-hetero) is 2. The molecule has 0 amide bonds. The molecule has 184 valence electrons. The van der Waals surface area contributed by atoms with Gasteiger partial charge in [0.25, 0.3) is 0 Å². The van der Waals surface area contributed by atoms with Crippen LogP contribution in [0.1, 0.15) is 149 Å². The number of unbranched alkanes of at least 4 members (excludes halogenated alkanes) is 16. The van der Waals surface area contributed by atoms with Crippen LogP contribution in [0.5, 0.6) is 0 Å². The highest BCUT2D eigenvalue weighted by Crippen LogP contribution is 2.18. The van der Waals surface area contributed by atoms with Gasteiger partial charge in [0, 0.05) is 12.8 Å². The molecule has 0 radical (unpaired) electrons. The molecule has 0 saturated heterocycles. The molecule has 0 aliphatic carbocycles. The predicted molar refractivity (Wildman–Crippen MR) is 136 cm³/mol. The molecule has 3 nitrogen and oxygen atoms in total. The summed E-state index contributed by atoms with van der Waals surface area (Å²) in [7, 11) is 1.90. The van der Waals surface area contributed by atoms with Crippen LogP contribution in [-0.4, -0.2) is 25.2 Å². The van der Waals surface area contributed by atoms with Gasteiger partial charge in [-0.1, -0.05) is 117 Å². The summed E-state index contributed by atoms with van der Waals surface area (Å²) in [5.41, 5.74) is 0. The molecular formula is C28H55NO2. The zero-order valence-corrected chi connectivity index (χ0v) is 21.5. The largest absolute Gasteiger partial charge is 0.320 e. The summed E-state index contributed by atoms with van der Waals surface area (Å²) >= 11 is 0. The molecule has 0 heterocycles. The van der Waals surface area contributed by atoms with Crippen LogP contribution < -0.4 is 5.32 Å². The van der Waals surface area contributed by atoms with E-state index in [1.165, 1.54) is 89.9 Å². The fourth-order valence-corrected chi connectivity index (χ4v) is 4.36. The van der Waals surface area contributed by atoms with Crippen LogP contribution in [0.4, 0.5) is 0 Å². The van der Waals surface area contributed by atoms with Gasteiger partial charge in [-0.3, -0.25) is 9.59 Å². The number of carbonyl (C=O) groups excluding carboxylic acids is 2. The van der Waals surface area contributed by atoms with Crippen LogP contribution >= 0.6 is 0 Å². The van der Waals surface area contributed by atoms with Crippen LogP contribution in [0.2, 0.25) is 0 Å².